The van der Waals surface area contributed by atoms with Gasteiger partial charge in [-0.2, -0.15) is 0 Å². The van der Waals surface area contributed by atoms with Crippen molar-refractivity contribution in [2.45, 2.75) is 18.9 Å². The molecule has 0 amide bonds. The summed E-state index contributed by atoms with van der Waals surface area (Å²) in [6.07, 6.45) is 5.88. The number of piperidine rings is 3. The van der Waals surface area contributed by atoms with Crippen molar-refractivity contribution >= 4 is 50.2 Å². The van der Waals surface area contributed by atoms with Crippen molar-refractivity contribution in [1.29, 1.82) is 0 Å². The minimum Gasteiger partial charge on any atom is -0.433 e. The van der Waals surface area contributed by atoms with E-state index in [0.29, 0.717) is 18.4 Å². The number of carbonyl (C=O) groups excluding carboxylic acids is 2. The Morgan fingerprint density at radius 1 is 1.00 bits per heavy atom. The van der Waals surface area contributed by atoms with Gasteiger partial charge < -0.3 is 14.5 Å². The Balaban J connectivity index is 1.16. The van der Waals surface area contributed by atoms with Gasteiger partial charge in [0.05, 0.1) is 30.8 Å². The Hall–Kier alpha value is -3.26. The molecule has 7 heteroatoms. The van der Waals surface area contributed by atoms with E-state index < -0.39 is 6.04 Å². The van der Waals surface area contributed by atoms with Crippen LogP contribution in [0.1, 0.15) is 34.1 Å². The zero-order valence-electron chi connectivity index (χ0n) is 21.1. The van der Waals surface area contributed by atoms with E-state index in [1.165, 1.54) is 11.3 Å². The van der Waals surface area contributed by atoms with Crippen LogP contribution < -0.4 is 5.32 Å². The van der Waals surface area contributed by atoms with Crippen LogP contribution in [0.3, 0.4) is 0 Å². The molecule has 3 aliphatic heterocycles. The molecule has 2 aromatic carbocycles. The summed E-state index contributed by atoms with van der Waals surface area (Å²) in [5, 5.41) is 8.46. The molecule has 2 unspecified atom stereocenters. The fourth-order valence-corrected chi connectivity index (χ4v) is 7.71. The molecule has 3 saturated heterocycles. The quantitative estimate of drug-likeness (QED) is 0.108. The molecule has 2 atom stereocenters. The third-order valence-electron chi connectivity index (χ3n) is 8.08. The van der Waals surface area contributed by atoms with Gasteiger partial charge in [0.2, 0.25) is 5.78 Å². The van der Waals surface area contributed by atoms with Gasteiger partial charge in [0, 0.05) is 34.7 Å². The van der Waals surface area contributed by atoms with Crippen LogP contribution in [0.2, 0.25) is 0 Å². The van der Waals surface area contributed by atoms with Crippen LogP contribution in [-0.2, 0) is 9.53 Å². The van der Waals surface area contributed by atoms with E-state index in [4.69, 9.17) is 4.74 Å². The first-order valence-electron chi connectivity index (χ1n) is 13.2. The van der Waals surface area contributed by atoms with Crippen LogP contribution in [-0.4, -0.2) is 42.4 Å². The lowest BCUT2D eigenvalue weighted by atomic mass is 9.77. The van der Waals surface area contributed by atoms with E-state index in [-0.39, 0.29) is 11.8 Å². The van der Waals surface area contributed by atoms with Crippen molar-refractivity contribution in [3.8, 4) is 0 Å². The molecule has 0 aliphatic carbocycles. The molecule has 3 fully saturated rings. The SMILES string of the molecule is O=C(C[N+]12CCC(CC1)C(C=COC(=O)C(Nc1ccccc1)c1csc3ccccc13)C2)c1cccs1. The number of nitrogens with one attached hydrogen (secondary N) is 1. The summed E-state index contributed by atoms with van der Waals surface area (Å²) in [5.74, 6) is 0.809. The number of benzene rings is 2. The van der Waals surface area contributed by atoms with E-state index in [1.54, 1.807) is 17.6 Å². The van der Waals surface area contributed by atoms with Crippen molar-refractivity contribution in [1.82, 2.24) is 0 Å². The number of hydrogen-bond donors (Lipinski definition) is 1. The lowest BCUT2D eigenvalue weighted by Gasteiger charge is -2.51. The third kappa shape index (κ3) is 5.19. The fourth-order valence-electron chi connectivity index (χ4n) is 6.06. The third-order valence-corrected chi connectivity index (χ3v) is 9.97. The number of ketones is 1. The summed E-state index contributed by atoms with van der Waals surface area (Å²) in [4.78, 5) is 27.2. The maximum absolute atomic E-state index is 13.5. The van der Waals surface area contributed by atoms with Gasteiger partial charge in [-0.3, -0.25) is 4.79 Å². The second-order valence-corrected chi connectivity index (χ2v) is 12.3. The van der Waals surface area contributed by atoms with Crippen LogP contribution in [0.25, 0.3) is 10.1 Å². The molecule has 38 heavy (non-hydrogen) atoms. The van der Waals surface area contributed by atoms with Gasteiger partial charge in [-0.15, -0.1) is 22.7 Å². The molecule has 0 spiro atoms. The lowest BCUT2D eigenvalue weighted by molar-refractivity contribution is -0.938. The van der Waals surface area contributed by atoms with Crippen molar-refractivity contribution in [2.24, 2.45) is 11.8 Å². The Kier molecular flexibility index (Phi) is 7.15. The summed E-state index contributed by atoms with van der Waals surface area (Å²) in [7, 11) is 0. The molecule has 3 aliphatic rings. The number of anilines is 1. The Morgan fingerprint density at radius 2 is 1.79 bits per heavy atom. The van der Waals surface area contributed by atoms with E-state index in [2.05, 4.69) is 23.5 Å². The summed E-state index contributed by atoms with van der Waals surface area (Å²) in [6.45, 7) is 3.60. The molecule has 194 valence electrons. The zero-order valence-corrected chi connectivity index (χ0v) is 22.8. The lowest BCUT2D eigenvalue weighted by Crippen LogP contribution is -2.63. The standard InChI is InChI=1S/C31H31N2O3S2/c34-27(29-11-6-18-37-29)20-33-15-12-22(13-16-33)23(19-33)14-17-36-31(35)30(32-24-7-2-1-3-8-24)26-21-38-28-10-5-4-9-25(26)28/h1-11,14,17-18,21-23,30,32H,12-13,15-16,19-20H2/q+1. The van der Waals surface area contributed by atoms with E-state index in [0.717, 1.165) is 63.2 Å². The second-order valence-electron chi connectivity index (χ2n) is 10.4. The molecule has 7 rings (SSSR count). The predicted molar refractivity (Wildman–Crippen MR) is 154 cm³/mol. The highest BCUT2D eigenvalue weighted by atomic mass is 32.1. The number of rotatable bonds is 9. The summed E-state index contributed by atoms with van der Waals surface area (Å²) < 4.78 is 7.77. The first-order chi connectivity index (χ1) is 18.6. The maximum Gasteiger partial charge on any atom is 0.338 e. The highest BCUT2D eigenvalue weighted by Gasteiger charge is 2.46. The van der Waals surface area contributed by atoms with Gasteiger partial charge in [0.25, 0.3) is 0 Å². The Morgan fingerprint density at radius 3 is 2.58 bits per heavy atom. The van der Waals surface area contributed by atoms with Crippen LogP contribution in [0.5, 0.6) is 0 Å². The van der Waals surface area contributed by atoms with Crippen LogP contribution in [0.15, 0.2) is 89.8 Å². The van der Waals surface area contributed by atoms with Crippen molar-refractivity contribution < 1.29 is 18.8 Å². The minimum absolute atomic E-state index is 0.243. The van der Waals surface area contributed by atoms with E-state index in [9.17, 15) is 9.59 Å². The largest absolute Gasteiger partial charge is 0.433 e. The Labute approximate surface area is 231 Å². The number of esters is 1. The Bertz CT molecular complexity index is 1440. The predicted octanol–water partition coefficient (Wildman–Crippen LogP) is 6.91. The number of carbonyl (C=O) groups is 2. The molecule has 0 radical (unpaired) electrons. The topological polar surface area (TPSA) is 55.4 Å². The molecule has 1 N–H and O–H groups in total. The zero-order chi connectivity index (χ0) is 26.0. The second kappa shape index (κ2) is 10.8. The summed E-state index contributed by atoms with van der Waals surface area (Å²) >= 11 is 3.16. The van der Waals surface area contributed by atoms with Crippen molar-refractivity contribution in [3.05, 3.63) is 100 Å². The van der Waals surface area contributed by atoms with E-state index >= 15 is 0 Å². The average Bonchev–Trinajstić information content (AvgIpc) is 3.64. The molecule has 5 nitrogen and oxygen atoms in total. The highest BCUT2D eigenvalue weighted by molar-refractivity contribution is 7.17. The molecular weight excluding hydrogens is 512 g/mol. The molecule has 2 aromatic heterocycles. The molecule has 5 heterocycles. The van der Waals surface area contributed by atoms with Crippen LogP contribution in [0, 0.1) is 11.8 Å². The van der Waals surface area contributed by atoms with Crippen LogP contribution >= 0.6 is 22.7 Å². The van der Waals surface area contributed by atoms with Gasteiger partial charge in [-0.1, -0.05) is 42.5 Å². The fraction of sp³-hybridized carbons (Fsp3) is 0.290. The molecule has 4 aromatic rings. The van der Waals surface area contributed by atoms with Gasteiger partial charge in [-0.05, 0) is 52.4 Å². The summed E-state index contributed by atoms with van der Waals surface area (Å²) in [5.41, 5.74) is 1.79. The van der Waals surface area contributed by atoms with Crippen LogP contribution in [0.4, 0.5) is 5.69 Å². The molecule has 0 saturated carbocycles. The van der Waals surface area contributed by atoms with Crippen molar-refractivity contribution in [3.63, 3.8) is 0 Å². The first kappa shape index (κ1) is 25.0. The number of hydrogen-bond acceptors (Lipinski definition) is 6. The first-order valence-corrected chi connectivity index (χ1v) is 14.9. The van der Waals surface area contributed by atoms with Gasteiger partial charge in [0.1, 0.15) is 6.54 Å². The number of ether oxygens (including phenoxy) is 1. The normalized spacial score (nSPS) is 23.5. The number of quaternary nitrogens is 1. The average molecular weight is 544 g/mol. The maximum atomic E-state index is 13.5. The monoisotopic (exact) mass is 543 g/mol. The van der Waals surface area contributed by atoms with Gasteiger partial charge >= 0.3 is 5.97 Å². The van der Waals surface area contributed by atoms with Crippen molar-refractivity contribution in [2.75, 3.05) is 31.5 Å². The number of fused-ring (bicyclic) bond motifs is 4. The number of thiophene rings is 2. The number of para-hydroxylation sites is 1. The van der Waals surface area contributed by atoms with E-state index in [1.807, 2.05) is 65.4 Å². The van der Waals surface area contributed by atoms with Gasteiger partial charge in [0.15, 0.2) is 6.04 Å². The van der Waals surface area contributed by atoms with Gasteiger partial charge in [-0.25, -0.2) is 4.79 Å². The molecular formula is C31H31N2O3S2+. The smallest absolute Gasteiger partial charge is 0.338 e. The number of nitrogens with zero attached hydrogens (tertiary/aromatic N) is 1. The number of Topliss-reactive ketones (excluding diaryl/α,β-unsaturated/α-hetero) is 1. The highest BCUT2D eigenvalue weighted by Crippen LogP contribution is 2.39. The minimum atomic E-state index is -0.619. The summed E-state index contributed by atoms with van der Waals surface area (Å²) in [6, 6.07) is 21.2. The molecule has 2 bridgehead atoms.